The normalized spacial score (nSPS) is 36.1. The standard InChI is InChI=1S/C11H18N2O/c14-11(4-8-2-1-3-8)13-6-9-5-10(7-13)12-9/h8-10,12H,1-7H2. The van der Waals surface area contributed by atoms with Crippen molar-refractivity contribution in [2.24, 2.45) is 5.92 Å². The first kappa shape index (κ1) is 8.72. The van der Waals surface area contributed by atoms with E-state index in [0.717, 1.165) is 19.5 Å². The van der Waals surface area contributed by atoms with E-state index >= 15 is 0 Å². The molecule has 4 aliphatic rings. The number of rotatable bonds is 2. The molecule has 2 bridgehead atoms. The van der Waals surface area contributed by atoms with Crippen molar-refractivity contribution < 1.29 is 4.79 Å². The number of amides is 1. The van der Waals surface area contributed by atoms with Gasteiger partial charge in [0.1, 0.15) is 0 Å². The van der Waals surface area contributed by atoms with Crippen molar-refractivity contribution in [1.82, 2.24) is 10.2 Å². The predicted octanol–water partition coefficient (Wildman–Crippen LogP) is 0.749. The van der Waals surface area contributed by atoms with Crippen LogP contribution >= 0.6 is 0 Å². The second-order valence-corrected chi connectivity index (χ2v) is 5.10. The van der Waals surface area contributed by atoms with Crippen molar-refractivity contribution in [1.29, 1.82) is 0 Å². The summed E-state index contributed by atoms with van der Waals surface area (Å²) < 4.78 is 0. The molecular weight excluding hydrogens is 176 g/mol. The minimum Gasteiger partial charge on any atom is -0.340 e. The number of carbonyl (C=O) groups excluding carboxylic acids is 1. The lowest BCUT2D eigenvalue weighted by Gasteiger charge is -2.48. The lowest BCUT2D eigenvalue weighted by Crippen LogP contribution is -2.67. The molecule has 0 aromatic heterocycles. The number of hydrogen-bond acceptors (Lipinski definition) is 2. The van der Waals surface area contributed by atoms with E-state index in [-0.39, 0.29) is 0 Å². The lowest BCUT2D eigenvalue weighted by molar-refractivity contribution is -0.136. The van der Waals surface area contributed by atoms with Gasteiger partial charge in [0.15, 0.2) is 0 Å². The first-order valence-corrected chi connectivity index (χ1v) is 5.85. The summed E-state index contributed by atoms with van der Waals surface area (Å²) in [6, 6.07) is 1.22. The van der Waals surface area contributed by atoms with Crippen LogP contribution in [0.1, 0.15) is 32.1 Å². The van der Waals surface area contributed by atoms with Crippen LogP contribution in [-0.4, -0.2) is 36.0 Å². The molecule has 1 saturated carbocycles. The molecule has 14 heavy (non-hydrogen) atoms. The van der Waals surface area contributed by atoms with Crippen LogP contribution in [0.4, 0.5) is 0 Å². The fraction of sp³-hybridized carbons (Fsp3) is 0.909. The summed E-state index contributed by atoms with van der Waals surface area (Å²) in [6.45, 7) is 1.92. The number of carbonyl (C=O) groups is 1. The maximum Gasteiger partial charge on any atom is 0.222 e. The lowest BCUT2D eigenvalue weighted by atomic mass is 9.82. The molecule has 0 spiro atoms. The van der Waals surface area contributed by atoms with Gasteiger partial charge in [0.05, 0.1) is 0 Å². The molecule has 2 atom stereocenters. The van der Waals surface area contributed by atoms with Crippen molar-refractivity contribution in [2.75, 3.05) is 13.1 Å². The minimum atomic E-state index is 0.408. The Bertz CT molecular complexity index is 234. The molecule has 2 unspecified atom stereocenters. The van der Waals surface area contributed by atoms with E-state index in [1.165, 1.54) is 25.7 Å². The molecule has 3 heteroatoms. The van der Waals surface area contributed by atoms with E-state index in [1.54, 1.807) is 0 Å². The topological polar surface area (TPSA) is 32.3 Å². The molecule has 0 radical (unpaired) electrons. The Morgan fingerprint density at radius 1 is 1.29 bits per heavy atom. The zero-order valence-corrected chi connectivity index (χ0v) is 8.54. The fourth-order valence-electron chi connectivity index (χ4n) is 2.79. The average molecular weight is 194 g/mol. The van der Waals surface area contributed by atoms with Gasteiger partial charge in [-0.2, -0.15) is 0 Å². The number of nitrogens with zero attached hydrogens (tertiary/aromatic N) is 1. The van der Waals surface area contributed by atoms with E-state index in [2.05, 4.69) is 10.2 Å². The van der Waals surface area contributed by atoms with Gasteiger partial charge in [-0.1, -0.05) is 6.42 Å². The molecule has 3 saturated heterocycles. The van der Waals surface area contributed by atoms with Crippen LogP contribution in [0.15, 0.2) is 0 Å². The van der Waals surface area contributed by atoms with E-state index < -0.39 is 0 Å². The van der Waals surface area contributed by atoms with Crippen LogP contribution in [0.3, 0.4) is 0 Å². The second-order valence-electron chi connectivity index (χ2n) is 5.10. The molecule has 4 fully saturated rings. The van der Waals surface area contributed by atoms with Gasteiger partial charge in [0.2, 0.25) is 5.91 Å². The van der Waals surface area contributed by atoms with Gasteiger partial charge in [0, 0.05) is 31.6 Å². The maximum absolute atomic E-state index is 11.9. The molecular formula is C11H18N2O. The highest BCUT2D eigenvalue weighted by Gasteiger charge is 2.38. The smallest absolute Gasteiger partial charge is 0.222 e. The molecule has 78 valence electrons. The number of fused-ring (bicyclic) bond motifs is 2. The molecule has 3 aliphatic heterocycles. The first-order chi connectivity index (χ1) is 6.81. The summed E-state index contributed by atoms with van der Waals surface area (Å²) in [5, 5.41) is 3.45. The van der Waals surface area contributed by atoms with E-state index in [4.69, 9.17) is 0 Å². The van der Waals surface area contributed by atoms with E-state index in [0.29, 0.717) is 23.9 Å². The van der Waals surface area contributed by atoms with Gasteiger partial charge < -0.3 is 10.2 Å². The maximum atomic E-state index is 11.9. The van der Waals surface area contributed by atoms with Gasteiger partial charge >= 0.3 is 0 Å². The Labute approximate surface area is 84.8 Å². The van der Waals surface area contributed by atoms with Crippen molar-refractivity contribution in [3.63, 3.8) is 0 Å². The predicted molar refractivity (Wildman–Crippen MR) is 53.9 cm³/mol. The first-order valence-electron chi connectivity index (χ1n) is 5.85. The van der Waals surface area contributed by atoms with E-state index in [9.17, 15) is 4.79 Å². The summed E-state index contributed by atoms with van der Waals surface area (Å²) in [4.78, 5) is 13.9. The van der Waals surface area contributed by atoms with Gasteiger partial charge in [-0.15, -0.1) is 0 Å². The monoisotopic (exact) mass is 194 g/mol. The Balaban J connectivity index is 1.51. The summed E-state index contributed by atoms with van der Waals surface area (Å²) in [5.74, 6) is 1.12. The van der Waals surface area contributed by atoms with Crippen LogP contribution in [0, 0.1) is 5.92 Å². The van der Waals surface area contributed by atoms with Crippen LogP contribution in [0.2, 0.25) is 0 Å². The third-order valence-corrected chi connectivity index (χ3v) is 3.96. The molecule has 0 aromatic rings. The van der Waals surface area contributed by atoms with Gasteiger partial charge in [-0.3, -0.25) is 4.79 Å². The average Bonchev–Trinajstić information content (AvgIpc) is 2.10. The van der Waals surface area contributed by atoms with Crippen molar-refractivity contribution in [3.05, 3.63) is 0 Å². The molecule has 3 nitrogen and oxygen atoms in total. The van der Waals surface area contributed by atoms with E-state index in [1.807, 2.05) is 0 Å². The second kappa shape index (κ2) is 3.23. The van der Waals surface area contributed by atoms with Crippen molar-refractivity contribution in [2.45, 2.75) is 44.2 Å². The van der Waals surface area contributed by atoms with Gasteiger partial charge in [0.25, 0.3) is 0 Å². The van der Waals surface area contributed by atoms with Gasteiger partial charge in [-0.05, 0) is 25.2 Å². The molecule has 3 heterocycles. The zero-order chi connectivity index (χ0) is 9.54. The summed E-state index contributed by atoms with van der Waals surface area (Å²) in [7, 11) is 0. The molecule has 1 N–H and O–H groups in total. The molecule has 4 rings (SSSR count). The van der Waals surface area contributed by atoms with Crippen LogP contribution in [-0.2, 0) is 4.79 Å². The number of piperidine rings is 1. The molecule has 1 amide bonds. The zero-order valence-electron chi connectivity index (χ0n) is 8.54. The summed E-state index contributed by atoms with van der Waals surface area (Å²) in [5.41, 5.74) is 0. The molecule has 1 aliphatic carbocycles. The highest BCUT2D eigenvalue weighted by Crippen LogP contribution is 2.31. The highest BCUT2D eigenvalue weighted by molar-refractivity contribution is 5.77. The fourth-order valence-corrected chi connectivity index (χ4v) is 2.79. The summed E-state index contributed by atoms with van der Waals surface area (Å²) in [6.07, 6.45) is 6.01. The summed E-state index contributed by atoms with van der Waals surface area (Å²) >= 11 is 0. The molecule has 0 aromatic carbocycles. The Hall–Kier alpha value is -0.570. The van der Waals surface area contributed by atoms with Crippen molar-refractivity contribution in [3.8, 4) is 0 Å². The van der Waals surface area contributed by atoms with Crippen LogP contribution in [0.5, 0.6) is 0 Å². The Kier molecular flexibility index (Phi) is 2.01. The van der Waals surface area contributed by atoms with Gasteiger partial charge in [-0.25, -0.2) is 0 Å². The number of nitrogens with one attached hydrogen (secondary N) is 1. The SMILES string of the molecule is O=C(CC1CCC1)N1CC2CC(C1)N2. The highest BCUT2D eigenvalue weighted by atomic mass is 16.2. The Morgan fingerprint density at radius 2 is 1.93 bits per heavy atom. The van der Waals surface area contributed by atoms with Crippen molar-refractivity contribution >= 4 is 5.91 Å². The number of piperazine rings is 1. The minimum absolute atomic E-state index is 0.408. The number of hydrogen-bond donors (Lipinski definition) is 1. The third-order valence-electron chi connectivity index (χ3n) is 3.96. The largest absolute Gasteiger partial charge is 0.340 e. The van der Waals surface area contributed by atoms with Crippen LogP contribution < -0.4 is 5.32 Å². The quantitative estimate of drug-likeness (QED) is 0.703. The third kappa shape index (κ3) is 1.44. The van der Waals surface area contributed by atoms with Crippen LogP contribution in [0.25, 0.3) is 0 Å². The Morgan fingerprint density at radius 3 is 2.43 bits per heavy atom.